The highest BCUT2D eigenvalue weighted by atomic mass is 16.5. The van der Waals surface area contributed by atoms with Crippen LogP contribution >= 0.6 is 0 Å². The van der Waals surface area contributed by atoms with Gasteiger partial charge < -0.3 is 4.74 Å². The van der Waals surface area contributed by atoms with Crippen LogP contribution in [0, 0.1) is 0 Å². The van der Waals surface area contributed by atoms with E-state index in [9.17, 15) is 4.79 Å². The molecule has 2 rings (SSSR count). The first-order valence-corrected chi connectivity index (χ1v) is 6.94. The minimum atomic E-state index is -0.252. The first-order chi connectivity index (χ1) is 10.1. The van der Waals surface area contributed by atoms with Crippen LogP contribution in [0.4, 0.5) is 5.95 Å². The van der Waals surface area contributed by atoms with Gasteiger partial charge in [0.05, 0.1) is 6.10 Å². The highest BCUT2D eigenvalue weighted by Crippen LogP contribution is 2.14. The molecule has 0 fully saturated rings. The Hall–Kier alpha value is -2.44. The second-order valence-electron chi connectivity index (χ2n) is 4.87. The number of ether oxygens (including phenoxy) is 1. The second kappa shape index (κ2) is 6.83. The van der Waals surface area contributed by atoms with E-state index in [-0.39, 0.29) is 12.0 Å². The van der Waals surface area contributed by atoms with E-state index in [2.05, 4.69) is 20.8 Å². The lowest BCUT2D eigenvalue weighted by Gasteiger charge is -2.10. The number of carbonyl (C=O) groups is 1. The molecule has 0 aliphatic carbocycles. The third-order valence-corrected chi connectivity index (χ3v) is 2.68. The predicted octanol–water partition coefficient (Wildman–Crippen LogP) is 2.12. The normalized spacial score (nSPS) is 10.7. The highest BCUT2D eigenvalue weighted by molar-refractivity contribution is 6.03. The molecule has 0 spiro atoms. The molecule has 21 heavy (non-hydrogen) atoms. The number of rotatable bonds is 6. The van der Waals surface area contributed by atoms with Gasteiger partial charge in [-0.05, 0) is 55.0 Å². The van der Waals surface area contributed by atoms with Crippen LogP contribution in [0.2, 0.25) is 0 Å². The van der Waals surface area contributed by atoms with E-state index in [0.717, 1.165) is 12.2 Å². The maximum Gasteiger partial charge on any atom is 0.258 e. The zero-order valence-electron chi connectivity index (χ0n) is 12.4. The molecule has 1 N–H and O–H groups in total. The summed E-state index contributed by atoms with van der Waals surface area (Å²) in [6.07, 6.45) is 0.984. The van der Waals surface area contributed by atoms with Gasteiger partial charge in [0.25, 0.3) is 5.91 Å². The number of nitrogens with zero attached hydrogens (tertiary/aromatic N) is 4. The molecule has 0 bridgehead atoms. The van der Waals surface area contributed by atoms with Gasteiger partial charge in [-0.3, -0.25) is 10.1 Å². The van der Waals surface area contributed by atoms with Crippen LogP contribution in [0.5, 0.6) is 5.75 Å². The van der Waals surface area contributed by atoms with Crippen LogP contribution in [0.3, 0.4) is 0 Å². The van der Waals surface area contributed by atoms with E-state index in [4.69, 9.17) is 4.74 Å². The Balaban J connectivity index is 2.04. The van der Waals surface area contributed by atoms with Crippen LogP contribution in [-0.4, -0.2) is 32.2 Å². The van der Waals surface area contributed by atoms with Crippen molar-refractivity contribution in [3.05, 3.63) is 29.8 Å². The standard InChI is InChI=1S/C14H19N5O2/c1-4-9-19-14(16-17-18-19)15-13(20)11-5-7-12(8-6-11)21-10(2)3/h5-8,10H,4,9H2,1-3H3,(H,15,16,18,20). The van der Waals surface area contributed by atoms with Gasteiger partial charge in [-0.25, -0.2) is 4.68 Å². The van der Waals surface area contributed by atoms with Crippen molar-refractivity contribution in [2.75, 3.05) is 5.32 Å². The number of aryl methyl sites for hydroxylation is 1. The van der Waals surface area contributed by atoms with Crippen molar-refractivity contribution in [3.8, 4) is 5.75 Å². The number of hydrogen-bond donors (Lipinski definition) is 1. The van der Waals surface area contributed by atoms with Crippen LogP contribution < -0.4 is 10.1 Å². The Labute approximate surface area is 123 Å². The zero-order valence-corrected chi connectivity index (χ0v) is 12.4. The number of carbonyl (C=O) groups excluding carboxylic acids is 1. The van der Waals surface area contributed by atoms with Gasteiger partial charge in [-0.2, -0.15) is 0 Å². The van der Waals surface area contributed by atoms with Gasteiger partial charge in [0.15, 0.2) is 0 Å². The number of hydrogen-bond acceptors (Lipinski definition) is 5. The Morgan fingerprint density at radius 1 is 1.33 bits per heavy atom. The Kier molecular flexibility index (Phi) is 4.86. The molecule has 1 amide bonds. The summed E-state index contributed by atoms with van der Waals surface area (Å²) in [7, 11) is 0. The van der Waals surface area contributed by atoms with E-state index >= 15 is 0 Å². The van der Waals surface area contributed by atoms with Gasteiger partial charge in [0.1, 0.15) is 5.75 Å². The summed E-state index contributed by atoms with van der Waals surface area (Å²) in [6.45, 7) is 6.58. The van der Waals surface area contributed by atoms with Crippen molar-refractivity contribution in [1.29, 1.82) is 0 Å². The number of aromatic nitrogens is 4. The fraction of sp³-hybridized carbons (Fsp3) is 0.429. The summed E-state index contributed by atoms with van der Waals surface area (Å²) in [6, 6.07) is 6.95. The van der Waals surface area contributed by atoms with E-state index < -0.39 is 0 Å². The molecule has 1 aromatic carbocycles. The SMILES string of the molecule is CCCn1nnnc1NC(=O)c1ccc(OC(C)C)cc1. The summed E-state index contributed by atoms with van der Waals surface area (Å²) >= 11 is 0. The van der Waals surface area contributed by atoms with E-state index in [1.165, 1.54) is 0 Å². The lowest BCUT2D eigenvalue weighted by molar-refractivity contribution is 0.102. The van der Waals surface area contributed by atoms with Crippen molar-refractivity contribution in [2.45, 2.75) is 39.8 Å². The summed E-state index contributed by atoms with van der Waals surface area (Å²) in [5, 5.41) is 13.9. The first kappa shape index (κ1) is 15.0. The van der Waals surface area contributed by atoms with Gasteiger partial charge in [0, 0.05) is 12.1 Å². The molecule has 7 nitrogen and oxygen atoms in total. The molecule has 2 aromatic rings. The topological polar surface area (TPSA) is 81.9 Å². The summed E-state index contributed by atoms with van der Waals surface area (Å²) in [5.74, 6) is 0.833. The molecular weight excluding hydrogens is 270 g/mol. The van der Waals surface area contributed by atoms with Crippen LogP contribution in [0.15, 0.2) is 24.3 Å². The molecule has 0 aliphatic heterocycles. The molecule has 0 saturated heterocycles. The Morgan fingerprint density at radius 3 is 2.67 bits per heavy atom. The molecule has 1 aromatic heterocycles. The molecule has 0 unspecified atom stereocenters. The predicted molar refractivity (Wildman–Crippen MR) is 78.3 cm³/mol. The molecule has 1 heterocycles. The second-order valence-corrected chi connectivity index (χ2v) is 4.87. The monoisotopic (exact) mass is 289 g/mol. The molecule has 0 saturated carbocycles. The summed E-state index contributed by atoms with van der Waals surface area (Å²) < 4.78 is 7.10. The van der Waals surface area contributed by atoms with Gasteiger partial charge in [-0.15, -0.1) is 0 Å². The lowest BCUT2D eigenvalue weighted by atomic mass is 10.2. The Bertz CT molecular complexity index is 592. The van der Waals surface area contributed by atoms with Crippen LogP contribution in [-0.2, 0) is 6.54 Å². The molecule has 0 aliphatic rings. The molecule has 7 heteroatoms. The minimum absolute atomic E-state index is 0.100. The average Bonchev–Trinajstić information content (AvgIpc) is 2.86. The highest BCUT2D eigenvalue weighted by Gasteiger charge is 2.11. The smallest absolute Gasteiger partial charge is 0.258 e. The van der Waals surface area contributed by atoms with E-state index in [0.29, 0.717) is 18.1 Å². The quantitative estimate of drug-likeness (QED) is 0.880. The third kappa shape index (κ3) is 4.01. The zero-order chi connectivity index (χ0) is 15.2. The fourth-order valence-electron chi connectivity index (χ4n) is 1.79. The number of anilines is 1. The first-order valence-electron chi connectivity index (χ1n) is 6.94. The molecule has 0 atom stereocenters. The van der Waals surface area contributed by atoms with Crippen LogP contribution in [0.25, 0.3) is 0 Å². The largest absolute Gasteiger partial charge is 0.491 e. The lowest BCUT2D eigenvalue weighted by Crippen LogP contribution is -2.16. The number of nitrogens with one attached hydrogen (secondary N) is 1. The maximum absolute atomic E-state index is 12.1. The van der Waals surface area contributed by atoms with E-state index in [1.807, 2.05) is 20.8 Å². The molecule has 0 radical (unpaired) electrons. The summed E-state index contributed by atoms with van der Waals surface area (Å²) in [5.41, 5.74) is 0.525. The number of amides is 1. The third-order valence-electron chi connectivity index (χ3n) is 2.68. The van der Waals surface area contributed by atoms with Crippen molar-refractivity contribution < 1.29 is 9.53 Å². The summed E-state index contributed by atoms with van der Waals surface area (Å²) in [4.78, 5) is 12.1. The van der Waals surface area contributed by atoms with Crippen molar-refractivity contribution in [2.24, 2.45) is 0 Å². The molecular formula is C14H19N5O2. The van der Waals surface area contributed by atoms with Crippen molar-refractivity contribution >= 4 is 11.9 Å². The maximum atomic E-state index is 12.1. The van der Waals surface area contributed by atoms with E-state index in [1.54, 1.807) is 28.9 Å². The van der Waals surface area contributed by atoms with Crippen molar-refractivity contribution in [1.82, 2.24) is 20.2 Å². The van der Waals surface area contributed by atoms with Crippen molar-refractivity contribution in [3.63, 3.8) is 0 Å². The van der Waals surface area contributed by atoms with Crippen LogP contribution in [0.1, 0.15) is 37.6 Å². The van der Waals surface area contributed by atoms with Gasteiger partial charge >= 0.3 is 0 Å². The minimum Gasteiger partial charge on any atom is -0.491 e. The average molecular weight is 289 g/mol. The van der Waals surface area contributed by atoms with Gasteiger partial charge in [0.2, 0.25) is 5.95 Å². The Morgan fingerprint density at radius 2 is 2.05 bits per heavy atom. The number of tetrazole rings is 1. The fourth-order valence-corrected chi connectivity index (χ4v) is 1.79. The van der Waals surface area contributed by atoms with Gasteiger partial charge in [-0.1, -0.05) is 12.0 Å². The number of benzene rings is 1. The molecule has 112 valence electrons.